The summed E-state index contributed by atoms with van der Waals surface area (Å²) in [7, 11) is 1.72. The van der Waals surface area contributed by atoms with Crippen molar-refractivity contribution in [2.45, 2.75) is 51.6 Å². The van der Waals surface area contributed by atoms with Gasteiger partial charge >= 0.3 is 0 Å². The fourth-order valence-electron chi connectivity index (χ4n) is 3.11. The van der Waals surface area contributed by atoms with Gasteiger partial charge in [0.1, 0.15) is 5.75 Å². The van der Waals surface area contributed by atoms with Gasteiger partial charge in [-0.15, -0.1) is 0 Å². The van der Waals surface area contributed by atoms with Gasteiger partial charge in [-0.25, -0.2) is 0 Å². The Morgan fingerprint density at radius 1 is 1.29 bits per heavy atom. The normalized spacial score (nSPS) is 21.2. The zero-order valence-electron chi connectivity index (χ0n) is 13.8. The second kappa shape index (κ2) is 8.40. The molecule has 1 fully saturated rings. The van der Waals surface area contributed by atoms with Crippen molar-refractivity contribution in [3.05, 3.63) is 29.8 Å². The molecule has 3 heteroatoms. The largest absolute Gasteiger partial charge is 0.497 e. The van der Waals surface area contributed by atoms with Gasteiger partial charge in [0.05, 0.1) is 7.11 Å². The van der Waals surface area contributed by atoms with Gasteiger partial charge in [-0.05, 0) is 57.0 Å². The van der Waals surface area contributed by atoms with E-state index in [2.05, 4.69) is 48.3 Å². The molecule has 1 saturated heterocycles. The highest BCUT2D eigenvalue weighted by Crippen LogP contribution is 2.23. The molecular formula is C18H30N2O. The summed E-state index contributed by atoms with van der Waals surface area (Å²) in [5.74, 6) is 0.930. The summed E-state index contributed by atoms with van der Waals surface area (Å²) in [4.78, 5) is 2.64. The van der Waals surface area contributed by atoms with E-state index in [-0.39, 0.29) is 0 Å². The first-order chi connectivity index (χ1) is 10.2. The summed E-state index contributed by atoms with van der Waals surface area (Å²) in [6.45, 7) is 8.00. The summed E-state index contributed by atoms with van der Waals surface area (Å²) in [6, 6.07) is 9.64. The summed E-state index contributed by atoms with van der Waals surface area (Å²) < 4.78 is 5.27. The van der Waals surface area contributed by atoms with Crippen LogP contribution in [0.25, 0.3) is 0 Å². The van der Waals surface area contributed by atoms with E-state index in [0.717, 1.165) is 18.8 Å². The van der Waals surface area contributed by atoms with Crippen LogP contribution in [0.1, 0.15) is 51.1 Å². The Morgan fingerprint density at radius 3 is 2.67 bits per heavy atom. The topological polar surface area (TPSA) is 24.5 Å². The van der Waals surface area contributed by atoms with E-state index in [4.69, 9.17) is 4.74 Å². The monoisotopic (exact) mass is 290 g/mol. The smallest absolute Gasteiger partial charge is 0.118 e. The van der Waals surface area contributed by atoms with Crippen molar-refractivity contribution >= 4 is 0 Å². The van der Waals surface area contributed by atoms with Crippen molar-refractivity contribution in [3.8, 4) is 5.75 Å². The Kier molecular flexibility index (Phi) is 6.52. The molecule has 1 aliphatic heterocycles. The van der Waals surface area contributed by atoms with E-state index in [1.165, 1.54) is 37.8 Å². The number of hydrogen-bond acceptors (Lipinski definition) is 3. The van der Waals surface area contributed by atoms with Crippen LogP contribution in [0.3, 0.4) is 0 Å². The fraction of sp³-hybridized carbons (Fsp3) is 0.667. The van der Waals surface area contributed by atoms with E-state index in [1.54, 1.807) is 7.11 Å². The number of nitrogens with zero attached hydrogens (tertiary/aromatic N) is 1. The van der Waals surface area contributed by atoms with Crippen LogP contribution >= 0.6 is 0 Å². The number of rotatable bonds is 7. The Hall–Kier alpha value is -1.06. The molecule has 0 bridgehead atoms. The fourth-order valence-corrected chi connectivity index (χ4v) is 3.11. The minimum Gasteiger partial charge on any atom is -0.497 e. The maximum atomic E-state index is 5.27. The number of benzene rings is 1. The summed E-state index contributed by atoms with van der Waals surface area (Å²) in [5, 5.41) is 3.71. The molecule has 1 aromatic rings. The molecule has 0 aliphatic carbocycles. The highest BCUT2D eigenvalue weighted by Gasteiger charge is 2.22. The second-order valence-electron chi connectivity index (χ2n) is 6.12. The van der Waals surface area contributed by atoms with Crippen molar-refractivity contribution in [1.82, 2.24) is 10.2 Å². The summed E-state index contributed by atoms with van der Waals surface area (Å²) in [6.07, 6.45) is 5.23. The minimum absolute atomic E-state index is 0.413. The molecule has 1 aliphatic rings. The Balaban J connectivity index is 2.05. The van der Waals surface area contributed by atoms with Crippen molar-refractivity contribution in [2.75, 3.05) is 26.7 Å². The first-order valence-corrected chi connectivity index (χ1v) is 8.36. The van der Waals surface area contributed by atoms with Gasteiger partial charge in [0.2, 0.25) is 0 Å². The third-order valence-electron chi connectivity index (χ3n) is 4.52. The predicted octanol–water partition coefficient (Wildman–Crippen LogP) is 3.61. The molecule has 118 valence electrons. The van der Waals surface area contributed by atoms with Crippen molar-refractivity contribution in [3.63, 3.8) is 0 Å². The number of piperidine rings is 1. The van der Waals surface area contributed by atoms with Gasteiger partial charge in [0, 0.05) is 18.6 Å². The lowest BCUT2D eigenvalue weighted by atomic mass is 10.0. The molecule has 1 aromatic carbocycles. The molecule has 0 aromatic heterocycles. The SMILES string of the molecule is CCCNC(CN1CCCCC1C)c1ccc(OC)cc1. The third kappa shape index (κ3) is 4.72. The number of likely N-dealkylation sites (tertiary alicyclic amines) is 1. The number of methoxy groups -OCH3 is 1. The van der Waals surface area contributed by atoms with Crippen molar-refractivity contribution < 1.29 is 4.74 Å². The Morgan fingerprint density at radius 2 is 2.05 bits per heavy atom. The van der Waals surface area contributed by atoms with Crippen LogP contribution in [-0.4, -0.2) is 37.7 Å². The van der Waals surface area contributed by atoms with Gasteiger partial charge in [-0.2, -0.15) is 0 Å². The van der Waals surface area contributed by atoms with Crippen LogP contribution in [0.5, 0.6) is 5.75 Å². The maximum Gasteiger partial charge on any atom is 0.118 e. The molecule has 0 amide bonds. The molecule has 21 heavy (non-hydrogen) atoms. The molecular weight excluding hydrogens is 260 g/mol. The second-order valence-corrected chi connectivity index (χ2v) is 6.12. The first kappa shape index (κ1) is 16.3. The molecule has 2 rings (SSSR count). The van der Waals surface area contributed by atoms with E-state index < -0.39 is 0 Å². The average Bonchev–Trinajstić information content (AvgIpc) is 2.53. The molecule has 2 atom stereocenters. The molecule has 1 N–H and O–H groups in total. The lowest BCUT2D eigenvalue weighted by Crippen LogP contribution is -2.43. The van der Waals surface area contributed by atoms with Crippen molar-refractivity contribution in [1.29, 1.82) is 0 Å². The van der Waals surface area contributed by atoms with Crippen LogP contribution in [0.4, 0.5) is 0 Å². The number of hydrogen-bond donors (Lipinski definition) is 1. The first-order valence-electron chi connectivity index (χ1n) is 8.36. The standard InChI is InChI=1S/C18H30N2O/c1-4-12-19-18(14-20-13-6-5-7-15(20)2)16-8-10-17(21-3)11-9-16/h8-11,15,18-19H,4-7,12-14H2,1-3H3. The highest BCUT2D eigenvalue weighted by molar-refractivity contribution is 5.29. The molecule has 0 spiro atoms. The quantitative estimate of drug-likeness (QED) is 0.830. The lowest BCUT2D eigenvalue weighted by molar-refractivity contribution is 0.144. The molecule has 0 saturated carbocycles. The van der Waals surface area contributed by atoms with Gasteiger partial charge in [-0.3, -0.25) is 4.90 Å². The summed E-state index contributed by atoms with van der Waals surface area (Å²) >= 11 is 0. The lowest BCUT2D eigenvalue weighted by Gasteiger charge is -2.36. The van der Waals surface area contributed by atoms with Crippen LogP contribution < -0.4 is 10.1 Å². The molecule has 1 heterocycles. The van der Waals surface area contributed by atoms with Crippen LogP contribution in [0.15, 0.2) is 24.3 Å². The van der Waals surface area contributed by atoms with Crippen LogP contribution in [-0.2, 0) is 0 Å². The van der Waals surface area contributed by atoms with E-state index in [1.807, 2.05) is 0 Å². The molecule has 2 unspecified atom stereocenters. The van der Waals surface area contributed by atoms with E-state index in [0.29, 0.717) is 12.1 Å². The highest BCUT2D eigenvalue weighted by atomic mass is 16.5. The van der Waals surface area contributed by atoms with Crippen LogP contribution in [0.2, 0.25) is 0 Å². The third-order valence-corrected chi connectivity index (χ3v) is 4.52. The minimum atomic E-state index is 0.413. The number of ether oxygens (including phenoxy) is 1. The number of nitrogens with one attached hydrogen (secondary N) is 1. The zero-order valence-corrected chi connectivity index (χ0v) is 13.8. The zero-order chi connectivity index (χ0) is 15.1. The van der Waals surface area contributed by atoms with E-state index in [9.17, 15) is 0 Å². The maximum absolute atomic E-state index is 5.27. The van der Waals surface area contributed by atoms with Gasteiger partial charge < -0.3 is 10.1 Å². The molecule has 0 radical (unpaired) electrons. The average molecular weight is 290 g/mol. The van der Waals surface area contributed by atoms with Crippen LogP contribution in [0, 0.1) is 0 Å². The predicted molar refractivity (Wildman–Crippen MR) is 88.9 cm³/mol. The van der Waals surface area contributed by atoms with Crippen molar-refractivity contribution in [2.24, 2.45) is 0 Å². The molecule has 3 nitrogen and oxygen atoms in total. The van der Waals surface area contributed by atoms with Gasteiger partial charge in [0.15, 0.2) is 0 Å². The van der Waals surface area contributed by atoms with Gasteiger partial charge in [0.25, 0.3) is 0 Å². The summed E-state index contributed by atoms with van der Waals surface area (Å²) in [5.41, 5.74) is 1.36. The Bertz CT molecular complexity index is 404. The Labute approximate surface area is 129 Å². The van der Waals surface area contributed by atoms with E-state index >= 15 is 0 Å². The van der Waals surface area contributed by atoms with Gasteiger partial charge in [-0.1, -0.05) is 25.5 Å².